The average molecular weight is 438 g/mol. The maximum absolute atomic E-state index is 12.8. The second-order valence-electron chi connectivity index (χ2n) is 7.49. The molecule has 0 unspecified atom stereocenters. The van der Waals surface area contributed by atoms with Crippen LogP contribution < -0.4 is 15.4 Å². The maximum atomic E-state index is 12.8. The van der Waals surface area contributed by atoms with E-state index in [4.69, 9.17) is 4.74 Å². The standard InChI is InChI=1S/C27H22N2O4/c1-18(30)33-23-12-5-10-21(16-23)26(31)29-22-11-4-7-19(15-22)17-28-27(32)25-14-6-9-20-8-2-3-13-24(20)25/h2-16H,17H2,1H3,(H,28,32)(H,29,31). The van der Waals surface area contributed by atoms with Crippen molar-refractivity contribution in [1.29, 1.82) is 0 Å². The maximum Gasteiger partial charge on any atom is 0.308 e. The smallest absolute Gasteiger partial charge is 0.308 e. The first-order valence-corrected chi connectivity index (χ1v) is 10.4. The molecule has 0 aliphatic heterocycles. The van der Waals surface area contributed by atoms with E-state index in [1.165, 1.54) is 13.0 Å². The molecule has 4 aromatic carbocycles. The fourth-order valence-corrected chi connectivity index (χ4v) is 3.53. The van der Waals surface area contributed by atoms with Crippen molar-refractivity contribution in [1.82, 2.24) is 5.32 Å². The molecule has 0 heterocycles. The highest BCUT2D eigenvalue weighted by atomic mass is 16.5. The van der Waals surface area contributed by atoms with E-state index >= 15 is 0 Å². The first-order chi connectivity index (χ1) is 16.0. The molecule has 0 saturated heterocycles. The minimum atomic E-state index is -0.453. The molecule has 0 bridgehead atoms. The van der Waals surface area contributed by atoms with Crippen molar-refractivity contribution in [3.05, 3.63) is 108 Å². The third kappa shape index (κ3) is 5.43. The quantitative estimate of drug-likeness (QED) is 0.330. The van der Waals surface area contributed by atoms with E-state index in [0.29, 0.717) is 29.1 Å². The lowest BCUT2D eigenvalue weighted by Gasteiger charge is -2.10. The van der Waals surface area contributed by atoms with Crippen molar-refractivity contribution in [2.45, 2.75) is 13.5 Å². The van der Waals surface area contributed by atoms with E-state index in [1.807, 2.05) is 48.5 Å². The second-order valence-corrected chi connectivity index (χ2v) is 7.49. The van der Waals surface area contributed by atoms with Crippen LogP contribution in [0.4, 0.5) is 5.69 Å². The van der Waals surface area contributed by atoms with Gasteiger partial charge in [-0.15, -0.1) is 0 Å². The van der Waals surface area contributed by atoms with Gasteiger partial charge in [0.05, 0.1) is 0 Å². The van der Waals surface area contributed by atoms with Crippen LogP contribution in [-0.4, -0.2) is 17.8 Å². The third-order valence-corrected chi connectivity index (χ3v) is 5.03. The zero-order chi connectivity index (χ0) is 23.2. The molecule has 0 spiro atoms. The van der Waals surface area contributed by atoms with Gasteiger partial charge in [-0.1, -0.05) is 54.6 Å². The average Bonchev–Trinajstić information content (AvgIpc) is 2.82. The number of hydrogen-bond donors (Lipinski definition) is 2. The molecule has 33 heavy (non-hydrogen) atoms. The first kappa shape index (κ1) is 21.8. The Bertz CT molecular complexity index is 1340. The van der Waals surface area contributed by atoms with Gasteiger partial charge in [-0.25, -0.2) is 0 Å². The fourth-order valence-electron chi connectivity index (χ4n) is 3.53. The van der Waals surface area contributed by atoms with E-state index in [-0.39, 0.29) is 11.8 Å². The van der Waals surface area contributed by atoms with Crippen molar-refractivity contribution in [2.75, 3.05) is 5.32 Å². The normalized spacial score (nSPS) is 10.5. The molecule has 6 heteroatoms. The summed E-state index contributed by atoms with van der Waals surface area (Å²) in [6.45, 7) is 1.62. The van der Waals surface area contributed by atoms with Gasteiger partial charge in [0.15, 0.2) is 0 Å². The Balaban J connectivity index is 1.42. The molecule has 0 aliphatic carbocycles. The molecule has 4 rings (SSSR count). The zero-order valence-electron chi connectivity index (χ0n) is 18.0. The van der Waals surface area contributed by atoms with E-state index in [2.05, 4.69) is 10.6 Å². The van der Waals surface area contributed by atoms with Crippen LogP contribution in [0.1, 0.15) is 33.2 Å². The Labute approximate surface area is 191 Å². The van der Waals surface area contributed by atoms with Crippen molar-refractivity contribution in [2.24, 2.45) is 0 Å². The number of nitrogens with one attached hydrogen (secondary N) is 2. The van der Waals surface area contributed by atoms with E-state index in [1.54, 1.807) is 36.4 Å². The van der Waals surface area contributed by atoms with E-state index in [0.717, 1.165) is 16.3 Å². The highest BCUT2D eigenvalue weighted by Crippen LogP contribution is 2.19. The number of anilines is 1. The number of carbonyl (C=O) groups excluding carboxylic acids is 3. The minimum Gasteiger partial charge on any atom is -0.427 e. The largest absolute Gasteiger partial charge is 0.427 e. The molecule has 2 N–H and O–H groups in total. The predicted octanol–water partition coefficient (Wildman–Crippen LogP) is 4.95. The van der Waals surface area contributed by atoms with Crippen LogP contribution in [0.25, 0.3) is 10.8 Å². The number of benzene rings is 4. The minimum absolute atomic E-state index is 0.163. The molecule has 0 fully saturated rings. The molecular weight excluding hydrogens is 416 g/mol. The first-order valence-electron chi connectivity index (χ1n) is 10.4. The molecule has 164 valence electrons. The van der Waals surface area contributed by atoms with Crippen LogP contribution in [-0.2, 0) is 11.3 Å². The Morgan fingerprint density at radius 3 is 2.39 bits per heavy atom. The van der Waals surface area contributed by atoms with Crippen LogP contribution in [0.15, 0.2) is 91.0 Å². The van der Waals surface area contributed by atoms with Crippen LogP contribution in [0, 0.1) is 0 Å². The van der Waals surface area contributed by atoms with E-state index in [9.17, 15) is 14.4 Å². The number of ether oxygens (including phenoxy) is 1. The molecule has 0 aliphatic rings. The molecule has 0 saturated carbocycles. The van der Waals surface area contributed by atoms with E-state index < -0.39 is 5.97 Å². The molecular formula is C27H22N2O4. The number of amides is 2. The third-order valence-electron chi connectivity index (χ3n) is 5.03. The summed E-state index contributed by atoms with van der Waals surface area (Å²) in [5, 5.41) is 7.68. The van der Waals surface area contributed by atoms with Gasteiger partial charge in [0, 0.05) is 30.3 Å². The van der Waals surface area contributed by atoms with Crippen molar-refractivity contribution in [3.8, 4) is 5.75 Å². The van der Waals surface area contributed by atoms with Gasteiger partial charge < -0.3 is 15.4 Å². The summed E-state index contributed by atoms with van der Waals surface area (Å²) < 4.78 is 5.03. The second kappa shape index (κ2) is 9.78. The Morgan fingerprint density at radius 1 is 0.788 bits per heavy atom. The lowest BCUT2D eigenvalue weighted by Crippen LogP contribution is -2.23. The molecule has 0 radical (unpaired) electrons. The van der Waals surface area contributed by atoms with Crippen LogP contribution in [0.2, 0.25) is 0 Å². The van der Waals surface area contributed by atoms with Crippen LogP contribution in [0.3, 0.4) is 0 Å². The topological polar surface area (TPSA) is 84.5 Å². The van der Waals surface area contributed by atoms with Gasteiger partial charge in [0.2, 0.25) is 0 Å². The van der Waals surface area contributed by atoms with Gasteiger partial charge in [-0.2, -0.15) is 0 Å². The van der Waals surface area contributed by atoms with Crippen molar-refractivity contribution in [3.63, 3.8) is 0 Å². The predicted molar refractivity (Wildman–Crippen MR) is 127 cm³/mol. The Kier molecular flexibility index (Phi) is 6.45. The van der Waals surface area contributed by atoms with Crippen molar-refractivity contribution >= 4 is 34.2 Å². The summed E-state index contributed by atoms with van der Waals surface area (Å²) in [4.78, 5) is 36.5. The number of carbonyl (C=O) groups is 3. The van der Waals surface area contributed by atoms with Gasteiger partial charge in [0.25, 0.3) is 11.8 Å². The Morgan fingerprint density at radius 2 is 1.55 bits per heavy atom. The highest BCUT2D eigenvalue weighted by molar-refractivity contribution is 6.07. The summed E-state index contributed by atoms with van der Waals surface area (Å²) >= 11 is 0. The number of rotatable bonds is 6. The summed E-state index contributed by atoms with van der Waals surface area (Å²) in [5.74, 6) is -0.643. The van der Waals surface area contributed by atoms with Crippen molar-refractivity contribution < 1.29 is 19.1 Å². The summed E-state index contributed by atoms with van der Waals surface area (Å²) in [7, 11) is 0. The van der Waals surface area contributed by atoms with Gasteiger partial charge in [0.1, 0.15) is 5.75 Å². The summed E-state index contributed by atoms with van der Waals surface area (Å²) in [6.07, 6.45) is 0. The zero-order valence-corrected chi connectivity index (χ0v) is 18.0. The van der Waals surface area contributed by atoms with Crippen LogP contribution in [0.5, 0.6) is 5.75 Å². The summed E-state index contributed by atoms with van der Waals surface area (Å²) in [6, 6.07) is 27.0. The lowest BCUT2D eigenvalue weighted by atomic mass is 10.0. The number of hydrogen-bond acceptors (Lipinski definition) is 4. The molecule has 6 nitrogen and oxygen atoms in total. The monoisotopic (exact) mass is 438 g/mol. The molecule has 0 aromatic heterocycles. The lowest BCUT2D eigenvalue weighted by molar-refractivity contribution is -0.131. The highest BCUT2D eigenvalue weighted by Gasteiger charge is 2.11. The molecule has 4 aromatic rings. The molecule has 0 atom stereocenters. The number of esters is 1. The van der Waals surface area contributed by atoms with Gasteiger partial charge in [-0.3, -0.25) is 14.4 Å². The number of fused-ring (bicyclic) bond motifs is 1. The SMILES string of the molecule is CC(=O)Oc1cccc(C(=O)Nc2cccc(CNC(=O)c3cccc4ccccc34)c2)c1. The van der Waals surface area contributed by atoms with Gasteiger partial charge in [-0.05, 0) is 52.7 Å². The van der Waals surface area contributed by atoms with Crippen LogP contribution >= 0.6 is 0 Å². The summed E-state index contributed by atoms with van der Waals surface area (Å²) in [5.41, 5.74) is 2.42. The molecule has 2 amide bonds. The fraction of sp³-hybridized carbons (Fsp3) is 0.0741. The van der Waals surface area contributed by atoms with Gasteiger partial charge >= 0.3 is 5.97 Å². The Hall–Kier alpha value is -4.45.